The van der Waals surface area contributed by atoms with E-state index >= 15 is 0 Å². The van der Waals surface area contributed by atoms with Crippen LogP contribution in [0.1, 0.15) is 21.7 Å². The van der Waals surface area contributed by atoms with Gasteiger partial charge in [0.15, 0.2) is 11.4 Å². The van der Waals surface area contributed by atoms with Gasteiger partial charge in [-0.15, -0.1) is 0 Å². The van der Waals surface area contributed by atoms with Crippen LogP contribution in [-0.2, 0) is 6.61 Å². The van der Waals surface area contributed by atoms with Crippen molar-refractivity contribution in [1.29, 1.82) is 0 Å². The molecule has 0 radical (unpaired) electrons. The van der Waals surface area contributed by atoms with E-state index in [1.165, 1.54) is 6.33 Å². The third kappa shape index (κ3) is 3.65. The molecule has 1 amide bonds. The van der Waals surface area contributed by atoms with Crippen LogP contribution in [0, 0.1) is 6.92 Å². The van der Waals surface area contributed by atoms with Gasteiger partial charge in [-0.05, 0) is 12.5 Å². The van der Waals surface area contributed by atoms with Gasteiger partial charge in [0.1, 0.15) is 12.9 Å². The van der Waals surface area contributed by atoms with E-state index in [1.807, 2.05) is 37.3 Å². The number of aryl methyl sites for hydroxylation is 1. The lowest BCUT2D eigenvalue weighted by Gasteiger charge is -2.27. The van der Waals surface area contributed by atoms with Crippen LogP contribution in [0.15, 0.2) is 36.7 Å². The summed E-state index contributed by atoms with van der Waals surface area (Å²) in [6, 6.07) is 9.84. The highest BCUT2D eigenvalue weighted by molar-refractivity contribution is 5.95. The Morgan fingerprint density at radius 1 is 1.22 bits per heavy atom. The molecule has 0 atom stereocenters. The molecule has 23 heavy (non-hydrogen) atoms. The molecule has 0 unspecified atom stereocenters. The first-order valence-electron chi connectivity index (χ1n) is 7.74. The van der Waals surface area contributed by atoms with Crippen molar-refractivity contribution >= 4 is 5.91 Å². The number of ether oxygens (including phenoxy) is 1. The van der Waals surface area contributed by atoms with Gasteiger partial charge >= 0.3 is 0 Å². The van der Waals surface area contributed by atoms with Crippen molar-refractivity contribution in [3.05, 3.63) is 53.6 Å². The second-order valence-electron chi connectivity index (χ2n) is 5.45. The standard InChI is InChI=1S/C17H20N4O2/c1-13-16(23-11-14-5-3-2-4-6-14)15(20-12-19-13)17(22)21-9-7-18-8-10-21/h2-6,12,18H,7-11H2,1H3. The van der Waals surface area contributed by atoms with Crippen molar-refractivity contribution in [2.45, 2.75) is 13.5 Å². The number of hydrogen-bond acceptors (Lipinski definition) is 5. The van der Waals surface area contributed by atoms with Crippen molar-refractivity contribution in [3.63, 3.8) is 0 Å². The minimum absolute atomic E-state index is 0.0972. The molecule has 1 aliphatic rings. The Balaban J connectivity index is 1.80. The molecule has 1 saturated heterocycles. The fraction of sp³-hybridized carbons (Fsp3) is 0.353. The first-order chi connectivity index (χ1) is 11.3. The van der Waals surface area contributed by atoms with E-state index in [4.69, 9.17) is 4.74 Å². The highest BCUT2D eigenvalue weighted by Gasteiger charge is 2.24. The van der Waals surface area contributed by atoms with Gasteiger partial charge in [-0.2, -0.15) is 0 Å². The van der Waals surface area contributed by atoms with Gasteiger partial charge in [-0.3, -0.25) is 4.79 Å². The van der Waals surface area contributed by atoms with Crippen LogP contribution in [0.3, 0.4) is 0 Å². The summed E-state index contributed by atoms with van der Waals surface area (Å²) >= 11 is 0. The topological polar surface area (TPSA) is 67.4 Å². The smallest absolute Gasteiger partial charge is 0.276 e. The maximum Gasteiger partial charge on any atom is 0.276 e. The summed E-state index contributed by atoms with van der Waals surface area (Å²) in [5.41, 5.74) is 2.06. The van der Waals surface area contributed by atoms with Crippen LogP contribution in [0.4, 0.5) is 0 Å². The zero-order chi connectivity index (χ0) is 16.1. The number of hydrogen-bond donors (Lipinski definition) is 1. The van der Waals surface area contributed by atoms with Gasteiger partial charge in [0.2, 0.25) is 0 Å². The zero-order valence-corrected chi connectivity index (χ0v) is 13.2. The van der Waals surface area contributed by atoms with Crippen molar-refractivity contribution < 1.29 is 9.53 Å². The molecule has 3 rings (SSSR count). The Labute approximate surface area is 135 Å². The maximum atomic E-state index is 12.7. The molecular formula is C17H20N4O2. The average molecular weight is 312 g/mol. The zero-order valence-electron chi connectivity index (χ0n) is 13.2. The van der Waals surface area contributed by atoms with E-state index < -0.39 is 0 Å². The van der Waals surface area contributed by atoms with Gasteiger partial charge in [-0.1, -0.05) is 30.3 Å². The van der Waals surface area contributed by atoms with Gasteiger partial charge in [0, 0.05) is 26.2 Å². The van der Waals surface area contributed by atoms with Crippen LogP contribution < -0.4 is 10.1 Å². The number of nitrogens with zero attached hydrogens (tertiary/aromatic N) is 3. The van der Waals surface area contributed by atoms with E-state index in [1.54, 1.807) is 4.90 Å². The highest BCUT2D eigenvalue weighted by Crippen LogP contribution is 2.22. The maximum absolute atomic E-state index is 12.7. The third-order valence-electron chi connectivity index (χ3n) is 3.81. The Hall–Kier alpha value is -2.47. The minimum Gasteiger partial charge on any atom is -0.485 e. The molecule has 1 N–H and O–H groups in total. The summed E-state index contributed by atoms with van der Waals surface area (Å²) in [7, 11) is 0. The first kappa shape index (κ1) is 15.4. The molecule has 1 aromatic carbocycles. The molecule has 2 heterocycles. The Morgan fingerprint density at radius 2 is 1.96 bits per heavy atom. The number of carbonyl (C=O) groups is 1. The molecule has 120 valence electrons. The quantitative estimate of drug-likeness (QED) is 0.924. The second-order valence-corrected chi connectivity index (χ2v) is 5.45. The highest BCUT2D eigenvalue weighted by atomic mass is 16.5. The minimum atomic E-state index is -0.0972. The summed E-state index contributed by atoms with van der Waals surface area (Å²) in [6.45, 7) is 5.18. The van der Waals surface area contributed by atoms with Crippen molar-refractivity contribution in [1.82, 2.24) is 20.2 Å². The van der Waals surface area contributed by atoms with Gasteiger partial charge < -0.3 is 15.0 Å². The summed E-state index contributed by atoms with van der Waals surface area (Å²) in [4.78, 5) is 22.9. The normalized spacial score (nSPS) is 14.6. The van der Waals surface area contributed by atoms with E-state index in [9.17, 15) is 4.79 Å². The number of aromatic nitrogens is 2. The average Bonchev–Trinajstić information content (AvgIpc) is 2.61. The van der Waals surface area contributed by atoms with E-state index in [2.05, 4.69) is 15.3 Å². The van der Waals surface area contributed by atoms with Crippen LogP contribution in [0.5, 0.6) is 5.75 Å². The molecule has 6 heteroatoms. The lowest BCUT2D eigenvalue weighted by atomic mass is 10.2. The molecule has 2 aromatic rings. The monoisotopic (exact) mass is 312 g/mol. The van der Waals surface area contributed by atoms with Crippen molar-refractivity contribution in [2.75, 3.05) is 26.2 Å². The van der Waals surface area contributed by atoms with Crippen LogP contribution in [0.2, 0.25) is 0 Å². The first-order valence-corrected chi connectivity index (χ1v) is 7.74. The molecule has 0 spiro atoms. The third-order valence-corrected chi connectivity index (χ3v) is 3.81. The Kier molecular flexibility index (Phi) is 4.83. The fourth-order valence-electron chi connectivity index (χ4n) is 2.53. The summed E-state index contributed by atoms with van der Waals surface area (Å²) < 4.78 is 5.88. The predicted molar refractivity (Wildman–Crippen MR) is 86.3 cm³/mol. The van der Waals surface area contributed by atoms with Crippen LogP contribution in [0.25, 0.3) is 0 Å². The number of piperazine rings is 1. The van der Waals surface area contributed by atoms with E-state index in [-0.39, 0.29) is 5.91 Å². The molecular weight excluding hydrogens is 292 g/mol. The number of nitrogens with one attached hydrogen (secondary N) is 1. The number of rotatable bonds is 4. The summed E-state index contributed by atoms with van der Waals surface area (Å²) in [5.74, 6) is 0.375. The van der Waals surface area contributed by atoms with E-state index in [0.717, 1.165) is 18.7 Å². The molecule has 0 bridgehead atoms. The summed E-state index contributed by atoms with van der Waals surface area (Å²) in [6.07, 6.45) is 1.42. The SMILES string of the molecule is Cc1ncnc(C(=O)N2CCNCC2)c1OCc1ccccc1. The van der Waals surface area contributed by atoms with E-state index in [0.29, 0.717) is 36.8 Å². The van der Waals surface area contributed by atoms with Gasteiger partial charge in [-0.25, -0.2) is 9.97 Å². The number of carbonyl (C=O) groups excluding carboxylic acids is 1. The van der Waals surface area contributed by atoms with Crippen molar-refractivity contribution in [2.24, 2.45) is 0 Å². The van der Waals surface area contributed by atoms with Gasteiger partial charge in [0.25, 0.3) is 5.91 Å². The molecule has 1 fully saturated rings. The van der Waals surface area contributed by atoms with Crippen LogP contribution >= 0.6 is 0 Å². The lowest BCUT2D eigenvalue weighted by Crippen LogP contribution is -2.46. The number of amides is 1. The lowest BCUT2D eigenvalue weighted by molar-refractivity contribution is 0.0723. The largest absolute Gasteiger partial charge is 0.485 e. The van der Waals surface area contributed by atoms with Crippen LogP contribution in [-0.4, -0.2) is 47.0 Å². The number of benzene rings is 1. The molecule has 1 aliphatic heterocycles. The Morgan fingerprint density at radius 3 is 2.70 bits per heavy atom. The molecule has 1 aromatic heterocycles. The predicted octanol–water partition coefficient (Wildman–Crippen LogP) is 1.41. The fourth-order valence-corrected chi connectivity index (χ4v) is 2.53. The second kappa shape index (κ2) is 7.19. The molecule has 0 aliphatic carbocycles. The van der Waals surface area contributed by atoms with Gasteiger partial charge in [0.05, 0.1) is 5.69 Å². The molecule has 0 saturated carbocycles. The summed E-state index contributed by atoms with van der Waals surface area (Å²) in [5, 5.41) is 3.24. The van der Waals surface area contributed by atoms with Crippen molar-refractivity contribution in [3.8, 4) is 5.75 Å². The Bertz CT molecular complexity index is 670. The molecule has 6 nitrogen and oxygen atoms in total.